The predicted molar refractivity (Wildman–Crippen MR) is 116 cm³/mol. The van der Waals surface area contributed by atoms with Gasteiger partial charge in [0.1, 0.15) is 48.7 Å². The molecule has 1 aromatic rings. The van der Waals surface area contributed by atoms with Gasteiger partial charge in [-0.1, -0.05) is 5.16 Å². The number of thiazole rings is 1. The molecule has 0 spiro atoms. The number of carboxylic acids is 1. The third-order valence-corrected chi connectivity index (χ3v) is 6.51. The first-order valence-corrected chi connectivity index (χ1v) is 11.2. The van der Waals surface area contributed by atoms with Crippen LogP contribution in [0, 0.1) is 0 Å². The number of ketones is 1. The minimum Gasteiger partial charge on any atom is -0.477 e. The summed E-state index contributed by atoms with van der Waals surface area (Å²) in [6, 6.07) is -1.02. The monoisotopic (exact) mass is 497 g/mol. The molecule has 2 atom stereocenters. The Balaban J connectivity index is 1.73. The quantitative estimate of drug-likeness (QED) is 0.129. The van der Waals surface area contributed by atoms with E-state index in [1.165, 1.54) is 31.2 Å². The molecule has 0 aromatic carbocycles. The van der Waals surface area contributed by atoms with Crippen LogP contribution in [-0.2, 0) is 33.5 Å². The summed E-state index contributed by atoms with van der Waals surface area (Å²) in [4.78, 5) is 69.6. The number of thioether (sulfide) groups is 1. The zero-order valence-corrected chi connectivity index (χ0v) is 19.0. The van der Waals surface area contributed by atoms with Crippen LogP contribution < -0.4 is 11.1 Å². The van der Waals surface area contributed by atoms with Crippen molar-refractivity contribution in [3.8, 4) is 0 Å². The van der Waals surface area contributed by atoms with E-state index >= 15 is 0 Å². The van der Waals surface area contributed by atoms with Gasteiger partial charge in [-0.2, -0.15) is 0 Å². The molecule has 0 radical (unpaired) electrons. The lowest BCUT2D eigenvalue weighted by Crippen LogP contribution is -2.71. The molecule has 0 aliphatic carbocycles. The number of aliphatic carboxylic acids is 1. The van der Waals surface area contributed by atoms with E-state index in [0.29, 0.717) is 0 Å². The summed E-state index contributed by atoms with van der Waals surface area (Å²) in [6.07, 6.45) is -0.432. The van der Waals surface area contributed by atoms with Crippen molar-refractivity contribution < 1.29 is 38.7 Å². The highest BCUT2D eigenvalue weighted by Gasteiger charge is 2.54. The fourth-order valence-corrected chi connectivity index (χ4v) is 4.99. The Labute approximate surface area is 195 Å². The van der Waals surface area contributed by atoms with Crippen molar-refractivity contribution in [1.29, 1.82) is 0 Å². The summed E-state index contributed by atoms with van der Waals surface area (Å²) < 4.78 is 4.97. The van der Waals surface area contributed by atoms with E-state index in [9.17, 15) is 29.1 Å². The Morgan fingerprint density at radius 2 is 2.12 bits per heavy atom. The van der Waals surface area contributed by atoms with Gasteiger partial charge >= 0.3 is 11.9 Å². The van der Waals surface area contributed by atoms with Crippen LogP contribution in [0.15, 0.2) is 21.8 Å². The SMILES string of the molecule is CO/N=C(\C(=O)N[C@@H]1C(=O)N2C(C(=O)O)=C(COC(=O)CC(C)=O)CS[C@H]12)c1csc(N)n1. The first-order valence-electron chi connectivity index (χ1n) is 9.32. The number of nitrogens with one attached hydrogen (secondary N) is 1. The molecule has 1 aromatic heterocycles. The molecule has 176 valence electrons. The number of esters is 1. The number of rotatable bonds is 9. The molecule has 1 fully saturated rings. The second kappa shape index (κ2) is 9.99. The van der Waals surface area contributed by atoms with Crippen molar-refractivity contribution in [2.24, 2.45) is 5.16 Å². The molecule has 33 heavy (non-hydrogen) atoms. The van der Waals surface area contributed by atoms with E-state index in [0.717, 1.165) is 16.2 Å². The van der Waals surface area contributed by atoms with Gasteiger partial charge in [0.25, 0.3) is 11.8 Å². The van der Waals surface area contributed by atoms with E-state index in [1.807, 2.05) is 0 Å². The number of carboxylic acid groups (broad SMARTS) is 1. The van der Waals surface area contributed by atoms with Crippen molar-refractivity contribution in [1.82, 2.24) is 15.2 Å². The van der Waals surface area contributed by atoms with Gasteiger partial charge in [-0.15, -0.1) is 23.1 Å². The number of oxime groups is 1. The number of nitrogens with two attached hydrogens (primary N) is 1. The molecule has 2 aliphatic heterocycles. The summed E-state index contributed by atoms with van der Waals surface area (Å²) in [5, 5.41) is 16.8. The minimum absolute atomic E-state index is 0.136. The number of hydrogen-bond donors (Lipinski definition) is 3. The van der Waals surface area contributed by atoms with E-state index in [2.05, 4.69) is 15.5 Å². The molecule has 4 N–H and O–H groups in total. The van der Waals surface area contributed by atoms with Crippen molar-refractivity contribution in [2.75, 3.05) is 25.2 Å². The van der Waals surface area contributed by atoms with Crippen molar-refractivity contribution in [3.63, 3.8) is 0 Å². The second-order valence-electron chi connectivity index (χ2n) is 6.85. The van der Waals surface area contributed by atoms with E-state index < -0.39 is 47.4 Å². The van der Waals surface area contributed by atoms with Crippen LogP contribution in [0.3, 0.4) is 0 Å². The molecule has 13 nitrogen and oxygen atoms in total. The largest absolute Gasteiger partial charge is 0.477 e. The van der Waals surface area contributed by atoms with Gasteiger partial charge < -0.3 is 25.7 Å². The summed E-state index contributed by atoms with van der Waals surface area (Å²) in [5.74, 6) is -3.82. The van der Waals surface area contributed by atoms with Gasteiger partial charge in [-0.3, -0.25) is 24.1 Å². The maximum Gasteiger partial charge on any atom is 0.352 e. The van der Waals surface area contributed by atoms with Crippen molar-refractivity contribution >= 4 is 63.5 Å². The van der Waals surface area contributed by atoms with E-state index in [1.54, 1.807) is 0 Å². The Bertz CT molecular complexity index is 1080. The number of carbonyl (C=O) groups is 5. The van der Waals surface area contributed by atoms with Crippen LogP contribution >= 0.6 is 23.1 Å². The smallest absolute Gasteiger partial charge is 0.352 e. The lowest BCUT2D eigenvalue weighted by Gasteiger charge is -2.49. The van der Waals surface area contributed by atoms with Crippen molar-refractivity contribution in [2.45, 2.75) is 24.8 Å². The maximum absolute atomic E-state index is 12.7. The number of Topliss-reactive ketones (excluding diaryl/α,β-unsaturated/α-hetero) is 1. The highest BCUT2D eigenvalue weighted by molar-refractivity contribution is 8.00. The fourth-order valence-electron chi connectivity index (χ4n) is 3.12. The van der Waals surface area contributed by atoms with Crippen molar-refractivity contribution in [3.05, 3.63) is 22.3 Å². The van der Waals surface area contributed by atoms with Gasteiger partial charge in [0.05, 0.1) is 0 Å². The summed E-state index contributed by atoms with van der Waals surface area (Å²) in [7, 11) is 1.24. The molecule has 1 saturated heterocycles. The Kier molecular flexibility index (Phi) is 7.33. The van der Waals surface area contributed by atoms with Crippen LogP contribution in [0.5, 0.6) is 0 Å². The molecule has 2 amide bonds. The van der Waals surface area contributed by atoms with Crippen LogP contribution in [-0.4, -0.2) is 81.1 Å². The molecular formula is C18H19N5O8S2. The zero-order valence-electron chi connectivity index (χ0n) is 17.4. The number of nitrogens with zero attached hydrogens (tertiary/aromatic N) is 3. The molecule has 2 aliphatic rings. The Morgan fingerprint density at radius 3 is 2.70 bits per heavy atom. The lowest BCUT2D eigenvalue weighted by atomic mass is 10.0. The number of ether oxygens (including phenoxy) is 1. The number of hydrogen-bond acceptors (Lipinski definition) is 12. The average Bonchev–Trinajstić information content (AvgIpc) is 3.18. The second-order valence-corrected chi connectivity index (χ2v) is 8.85. The predicted octanol–water partition coefficient (Wildman–Crippen LogP) is -0.663. The number of fused-ring (bicyclic) bond motifs is 1. The Hall–Kier alpha value is -3.46. The van der Waals surface area contributed by atoms with E-state index in [4.69, 9.17) is 15.3 Å². The number of nitrogen functional groups attached to an aromatic ring is 1. The molecule has 3 heterocycles. The first kappa shape index (κ1) is 24.2. The number of anilines is 1. The molecule has 0 bridgehead atoms. The first-order chi connectivity index (χ1) is 15.6. The third kappa shape index (κ3) is 5.14. The summed E-state index contributed by atoms with van der Waals surface area (Å²) >= 11 is 2.28. The minimum atomic E-state index is -1.38. The third-order valence-electron chi connectivity index (χ3n) is 4.50. The maximum atomic E-state index is 12.7. The average molecular weight is 498 g/mol. The highest BCUT2D eigenvalue weighted by atomic mass is 32.2. The molecular weight excluding hydrogens is 478 g/mol. The molecule has 3 rings (SSSR count). The highest BCUT2D eigenvalue weighted by Crippen LogP contribution is 2.40. The molecule has 0 saturated carbocycles. The van der Waals surface area contributed by atoms with E-state index in [-0.39, 0.29) is 40.2 Å². The lowest BCUT2D eigenvalue weighted by molar-refractivity contribution is -0.150. The normalized spacial score (nSPS) is 20.0. The number of carbonyl (C=O) groups excluding carboxylic acids is 4. The number of aromatic nitrogens is 1. The van der Waals surface area contributed by atoms with Gasteiger partial charge in [0.15, 0.2) is 10.8 Å². The van der Waals surface area contributed by atoms with Gasteiger partial charge in [0, 0.05) is 16.7 Å². The molecule has 0 unspecified atom stereocenters. The van der Waals surface area contributed by atoms with Gasteiger partial charge in [-0.25, -0.2) is 9.78 Å². The Morgan fingerprint density at radius 1 is 1.39 bits per heavy atom. The topological polar surface area (TPSA) is 191 Å². The van der Waals surface area contributed by atoms with Crippen LogP contribution in [0.25, 0.3) is 0 Å². The number of amides is 2. The van der Waals surface area contributed by atoms with Crippen LogP contribution in [0.1, 0.15) is 19.0 Å². The molecule has 15 heteroatoms. The summed E-state index contributed by atoms with van der Waals surface area (Å²) in [5.41, 5.74) is 5.46. The standard InChI is InChI=1S/C18H19N5O8S2/c1-7(24)3-10(25)31-4-8-5-32-16-12(15(27)23(16)13(8)17(28)29)21-14(26)11(22-30-2)9-6-33-18(19)20-9/h6,12,16H,3-5H2,1-2H3,(H2,19,20)(H,21,26)(H,28,29)/b22-11-/t12-,16-/m1/s1. The van der Waals surface area contributed by atoms with Crippen LogP contribution in [0.2, 0.25) is 0 Å². The zero-order chi connectivity index (χ0) is 24.3. The fraction of sp³-hybridized carbons (Fsp3) is 0.389. The number of β-lactam (4-membered cyclic amide) rings is 1. The van der Waals surface area contributed by atoms with Crippen LogP contribution in [0.4, 0.5) is 5.13 Å². The van der Waals surface area contributed by atoms with Gasteiger partial charge in [0.2, 0.25) is 0 Å². The summed E-state index contributed by atoms with van der Waals surface area (Å²) in [6.45, 7) is 0.855. The van der Waals surface area contributed by atoms with Gasteiger partial charge in [-0.05, 0) is 6.92 Å².